The van der Waals surface area contributed by atoms with Crippen molar-refractivity contribution in [3.05, 3.63) is 181 Å². The van der Waals surface area contributed by atoms with E-state index < -0.39 is 0 Å². The molecule has 0 aliphatic heterocycles. The molecular weight excluding hydrogens is 623 g/mol. The minimum Gasteiger partial charge on any atom is -0.456 e. The number of benzene rings is 7. The highest BCUT2D eigenvalue weighted by atomic mass is 16.3. The molecule has 240 valence electrons. The number of aromatic nitrogens is 3. The Bertz CT molecular complexity index is 2750. The van der Waals surface area contributed by atoms with Crippen molar-refractivity contribution in [2.24, 2.45) is 0 Å². The summed E-state index contributed by atoms with van der Waals surface area (Å²) < 4.78 is 6.55. The van der Waals surface area contributed by atoms with Gasteiger partial charge in [0, 0.05) is 33.4 Å². The number of hydrogen-bond acceptors (Lipinski definition) is 4. The Morgan fingerprint density at radius 2 is 1.10 bits per heavy atom. The summed E-state index contributed by atoms with van der Waals surface area (Å²) in [7, 11) is 0. The average molecular weight is 654 g/mol. The molecule has 1 aliphatic rings. The first kappa shape index (κ1) is 29.3. The molecule has 0 radical (unpaired) electrons. The second kappa shape index (κ2) is 12.0. The normalized spacial score (nSPS) is 14.4. The molecule has 2 heterocycles. The van der Waals surface area contributed by atoms with Gasteiger partial charge in [0.2, 0.25) is 0 Å². The van der Waals surface area contributed by atoms with Gasteiger partial charge in [-0.3, -0.25) is 0 Å². The van der Waals surface area contributed by atoms with E-state index in [2.05, 4.69) is 158 Å². The Morgan fingerprint density at radius 3 is 1.76 bits per heavy atom. The molecule has 0 N–H and O–H groups in total. The standard InChI is InChI=1S/C47H31N3O/c1-2-10-30(11-3-1)33-18-20-34(21-19-33)39-28-41(44-40-16-8-9-17-42(40)51-43(44)29-39)47-49-45(37-24-22-31-12-4-6-14-35(31)26-37)48-46(50-47)38-25-23-32-13-5-7-15-36(32)27-38/h1-20,22-29,34H,21H2. The highest BCUT2D eigenvalue weighted by Crippen LogP contribution is 2.41. The van der Waals surface area contributed by atoms with Crippen LogP contribution in [-0.2, 0) is 0 Å². The molecule has 10 rings (SSSR count). The number of furan rings is 1. The van der Waals surface area contributed by atoms with Gasteiger partial charge in [0.1, 0.15) is 11.2 Å². The van der Waals surface area contributed by atoms with Gasteiger partial charge in [-0.15, -0.1) is 0 Å². The van der Waals surface area contributed by atoms with E-state index >= 15 is 0 Å². The van der Waals surface area contributed by atoms with E-state index in [0.717, 1.165) is 61.4 Å². The van der Waals surface area contributed by atoms with Gasteiger partial charge in [0.05, 0.1) is 0 Å². The molecule has 1 unspecified atom stereocenters. The van der Waals surface area contributed by atoms with Crippen molar-refractivity contribution >= 4 is 49.1 Å². The lowest BCUT2D eigenvalue weighted by Crippen LogP contribution is -2.03. The predicted octanol–water partition coefficient (Wildman–Crippen LogP) is 12.2. The average Bonchev–Trinajstić information content (AvgIpc) is 3.59. The summed E-state index contributed by atoms with van der Waals surface area (Å²) in [4.78, 5) is 15.6. The van der Waals surface area contributed by atoms with Crippen molar-refractivity contribution in [3.63, 3.8) is 0 Å². The van der Waals surface area contributed by atoms with Crippen molar-refractivity contribution < 1.29 is 4.42 Å². The lowest BCUT2D eigenvalue weighted by molar-refractivity contribution is 0.667. The van der Waals surface area contributed by atoms with Crippen LogP contribution < -0.4 is 0 Å². The predicted molar refractivity (Wildman–Crippen MR) is 209 cm³/mol. The van der Waals surface area contributed by atoms with Gasteiger partial charge in [0.15, 0.2) is 17.5 Å². The lowest BCUT2D eigenvalue weighted by atomic mass is 9.86. The van der Waals surface area contributed by atoms with E-state index in [9.17, 15) is 0 Å². The van der Waals surface area contributed by atoms with Crippen LogP contribution in [0.3, 0.4) is 0 Å². The van der Waals surface area contributed by atoms with Crippen molar-refractivity contribution in [2.75, 3.05) is 0 Å². The van der Waals surface area contributed by atoms with E-state index in [1.165, 1.54) is 21.9 Å². The Kier molecular flexibility index (Phi) is 6.91. The van der Waals surface area contributed by atoms with Gasteiger partial charge in [-0.25, -0.2) is 15.0 Å². The van der Waals surface area contributed by atoms with Crippen LogP contribution in [0.2, 0.25) is 0 Å². The van der Waals surface area contributed by atoms with Gasteiger partial charge in [0.25, 0.3) is 0 Å². The second-order valence-electron chi connectivity index (χ2n) is 13.2. The monoisotopic (exact) mass is 653 g/mol. The van der Waals surface area contributed by atoms with Crippen molar-refractivity contribution in [2.45, 2.75) is 12.3 Å². The molecule has 1 atom stereocenters. The van der Waals surface area contributed by atoms with E-state index in [4.69, 9.17) is 19.4 Å². The number of nitrogens with zero attached hydrogens (tertiary/aromatic N) is 3. The molecule has 2 aromatic heterocycles. The Morgan fingerprint density at radius 1 is 0.490 bits per heavy atom. The van der Waals surface area contributed by atoms with Gasteiger partial charge >= 0.3 is 0 Å². The van der Waals surface area contributed by atoms with Crippen LogP contribution in [0.1, 0.15) is 23.5 Å². The molecule has 0 fully saturated rings. The van der Waals surface area contributed by atoms with E-state index in [1.807, 2.05) is 12.1 Å². The van der Waals surface area contributed by atoms with Crippen LogP contribution >= 0.6 is 0 Å². The minimum atomic E-state index is 0.176. The number of hydrogen-bond donors (Lipinski definition) is 0. The SMILES string of the molecule is C1=CC(c2cc(-c3nc(-c4ccc5ccccc5c4)nc(-c4ccc5ccccc5c4)n3)c3c(c2)oc2ccccc23)CC=C1c1ccccc1. The fourth-order valence-corrected chi connectivity index (χ4v) is 7.39. The zero-order chi connectivity index (χ0) is 33.7. The number of rotatable bonds is 5. The fraction of sp³-hybridized carbons (Fsp3) is 0.0426. The van der Waals surface area contributed by atoms with Gasteiger partial charge in [-0.05, 0) is 75.0 Å². The summed E-state index contributed by atoms with van der Waals surface area (Å²) in [6.45, 7) is 0. The van der Waals surface area contributed by atoms with Gasteiger partial charge in [-0.1, -0.05) is 140 Å². The summed E-state index contributed by atoms with van der Waals surface area (Å²) in [5, 5.41) is 6.68. The van der Waals surface area contributed by atoms with Gasteiger partial charge in [-0.2, -0.15) is 0 Å². The summed E-state index contributed by atoms with van der Waals surface area (Å²) >= 11 is 0. The number of allylic oxidation sites excluding steroid dienone is 4. The van der Waals surface area contributed by atoms with Crippen molar-refractivity contribution in [1.29, 1.82) is 0 Å². The highest BCUT2D eigenvalue weighted by molar-refractivity contribution is 6.12. The molecular formula is C47H31N3O. The smallest absolute Gasteiger partial charge is 0.164 e. The van der Waals surface area contributed by atoms with Crippen LogP contribution in [0.15, 0.2) is 174 Å². The largest absolute Gasteiger partial charge is 0.456 e. The van der Waals surface area contributed by atoms with Crippen LogP contribution in [0, 0.1) is 0 Å². The summed E-state index contributed by atoms with van der Waals surface area (Å²) in [5.41, 5.74) is 8.13. The molecule has 51 heavy (non-hydrogen) atoms. The highest BCUT2D eigenvalue weighted by Gasteiger charge is 2.22. The van der Waals surface area contributed by atoms with E-state index in [-0.39, 0.29) is 5.92 Å². The Hall–Kier alpha value is -6.65. The molecule has 0 bridgehead atoms. The number of fused-ring (bicyclic) bond motifs is 5. The molecule has 0 amide bonds. The zero-order valence-electron chi connectivity index (χ0n) is 27.7. The summed E-state index contributed by atoms with van der Waals surface area (Å²) in [6, 6.07) is 52.8. The Balaban J connectivity index is 1.18. The zero-order valence-corrected chi connectivity index (χ0v) is 27.7. The molecule has 1 aliphatic carbocycles. The van der Waals surface area contributed by atoms with Crippen LogP contribution in [0.4, 0.5) is 0 Å². The maximum Gasteiger partial charge on any atom is 0.164 e. The Labute approximate surface area is 295 Å². The molecule has 4 heteroatoms. The molecule has 0 saturated heterocycles. The van der Waals surface area contributed by atoms with E-state index in [1.54, 1.807) is 0 Å². The molecule has 0 spiro atoms. The first-order valence-electron chi connectivity index (χ1n) is 17.4. The summed E-state index contributed by atoms with van der Waals surface area (Å²) in [5.74, 6) is 2.06. The molecule has 4 nitrogen and oxygen atoms in total. The quantitative estimate of drug-likeness (QED) is 0.185. The number of para-hydroxylation sites is 1. The third kappa shape index (κ3) is 5.29. The van der Waals surface area contributed by atoms with E-state index in [0.29, 0.717) is 17.5 Å². The molecule has 0 saturated carbocycles. The first-order valence-corrected chi connectivity index (χ1v) is 17.4. The maximum absolute atomic E-state index is 6.55. The first-order chi connectivity index (χ1) is 25.2. The summed E-state index contributed by atoms with van der Waals surface area (Å²) in [6.07, 6.45) is 7.77. The van der Waals surface area contributed by atoms with Crippen LogP contribution in [0.5, 0.6) is 0 Å². The third-order valence-electron chi connectivity index (χ3n) is 10.0. The molecule has 9 aromatic rings. The van der Waals surface area contributed by atoms with Crippen molar-refractivity contribution in [3.8, 4) is 34.2 Å². The maximum atomic E-state index is 6.55. The van der Waals surface area contributed by atoms with Crippen LogP contribution in [-0.4, -0.2) is 15.0 Å². The third-order valence-corrected chi connectivity index (χ3v) is 10.0. The topological polar surface area (TPSA) is 51.8 Å². The minimum absolute atomic E-state index is 0.176. The van der Waals surface area contributed by atoms with Crippen molar-refractivity contribution in [1.82, 2.24) is 15.0 Å². The molecule has 7 aromatic carbocycles. The second-order valence-corrected chi connectivity index (χ2v) is 13.2. The fourth-order valence-electron chi connectivity index (χ4n) is 7.39. The van der Waals surface area contributed by atoms with Gasteiger partial charge < -0.3 is 4.42 Å². The lowest BCUT2D eigenvalue weighted by Gasteiger charge is -2.18. The van der Waals surface area contributed by atoms with Crippen LogP contribution in [0.25, 0.3) is 83.2 Å².